The number of benzene rings is 2. The molecule has 1 aliphatic heterocycles. The van der Waals surface area contributed by atoms with Crippen LogP contribution in [0.1, 0.15) is 41.7 Å². The Bertz CT molecular complexity index is 852. The van der Waals surface area contributed by atoms with Crippen LogP contribution in [0.5, 0.6) is 0 Å². The van der Waals surface area contributed by atoms with Crippen molar-refractivity contribution < 1.29 is 9.59 Å². The molecule has 2 N–H and O–H groups in total. The van der Waals surface area contributed by atoms with Crippen molar-refractivity contribution in [2.45, 2.75) is 31.8 Å². The van der Waals surface area contributed by atoms with E-state index in [4.69, 9.17) is 23.2 Å². The van der Waals surface area contributed by atoms with Crippen LogP contribution in [0, 0.1) is 0 Å². The molecule has 7 heteroatoms. The van der Waals surface area contributed by atoms with Gasteiger partial charge in [0, 0.05) is 30.2 Å². The van der Waals surface area contributed by atoms with Gasteiger partial charge in [-0.2, -0.15) is 0 Å². The number of hydrogen-bond acceptors (Lipinski definition) is 3. The number of nitrogens with zero attached hydrogens (tertiary/aromatic N) is 1. The van der Waals surface area contributed by atoms with Crippen molar-refractivity contribution >= 4 is 35.0 Å². The topological polar surface area (TPSA) is 61.4 Å². The minimum Gasteiger partial charge on any atom is -0.352 e. The lowest BCUT2D eigenvalue weighted by molar-refractivity contribution is -0.121. The Labute approximate surface area is 181 Å². The molecular weight excluding hydrogens is 409 g/mol. The molecule has 2 aromatic carbocycles. The summed E-state index contributed by atoms with van der Waals surface area (Å²) in [5.74, 6) is -0.591. The predicted octanol–water partition coefficient (Wildman–Crippen LogP) is 4.07. The second-order valence-electron chi connectivity index (χ2n) is 7.27. The van der Waals surface area contributed by atoms with Crippen LogP contribution in [-0.4, -0.2) is 42.4 Å². The first-order chi connectivity index (χ1) is 13.9. The van der Waals surface area contributed by atoms with E-state index in [2.05, 4.69) is 46.7 Å². The summed E-state index contributed by atoms with van der Waals surface area (Å²) >= 11 is 11.9. The minimum atomic E-state index is -0.395. The first kappa shape index (κ1) is 21.6. The van der Waals surface area contributed by atoms with Gasteiger partial charge in [-0.15, -0.1) is 0 Å². The summed E-state index contributed by atoms with van der Waals surface area (Å²) in [4.78, 5) is 26.9. The zero-order chi connectivity index (χ0) is 20.8. The van der Waals surface area contributed by atoms with Crippen LogP contribution in [-0.2, 0) is 4.79 Å². The number of amides is 2. The summed E-state index contributed by atoms with van der Waals surface area (Å²) in [6, 6.07) is 15.6. The fourth-order valence-corrected chi connectivity index (χ4v) is 4.08. The van der Waals surface area contributed by atoms with E-state index in [1.165, 1.54) is 11.6 Å². The molecule has 3 rings (SSSR count). The standard InChI is InChI=1S/C22H25Cl2N3O2/c1-15(16-5-3-2-4-6-16)27-11-9-18(10-12-27)26-21(28)14-25-22(29)19-8-7-17(23)13-20(19)24/h2-8,13,15,18H,9-12,14H2,1H3,(H,25,29)(H,26,28). The van der Waals surface area contributed by atoms with Crippen LogP contribution in [0.3, 0.4) is 0 Å². The van der Waals surface area contributed by atoms with Crippen LogP contribution in [0.4, 0.5) is 0 Å². The maximum Gasteiger partial charge on any atom is 0.253 e. The third-order valence-electron chi connectivity index (χ3n) is 5.31. The van der Waals surface area contributed by atoms with Crippen LogP contribution in [0.25, 0.3) is 0 Å². The van der Waals surface area contributed by atoms with Gasteiger partial charge in [0.05, 0.1) is 17.1 Å². The highest BCUT2D eigenvalue weighted by atomic mass is 35.5. The van der Waals surface area contributed by atoms with Crippen LogP contribution < -0.4 is 10.6 Å². The number of likely N-dealkylation sites (tertiary alicyclic amines) is 1. The average Bonchev–Trinajstić information content (AvgIpc) is 2.73. The fourth-order valence-electron chi connectivity index (χ4n) is 3.58. The summed E-state index contributed by atoms with van der Waals surface area (Å²) in [7, 11) is 0. The fraction of sp³-hybridized carbons (Fsp3) is 0.364. The monoisotopic (exact) mass is 433 g/mol. The van der Waals surface area contributed by atoms with Gasteiger partial charge in [0.2, 0.25) is 5.91 Å². The molecular formula is C22H25Cl2N3O2. The van der Waals surface area contributed by atoms with Crippen molar-refractivity contribution in [3.05, 3.63) is 69.7 Å². The van der Waals surface area contributed by atoms with E-state index in [0.717, 1.165) is 25.9 Å². The molecule has 2 aromatic rings. The Kier molecular flexibility index (Phi) is 7.53. The molecule has 1 heterocycles. The first-order valence-corrected chi connectivity index (χ1v) is 10.5. The Morgan fingerprint density at radius 1 is 1.10 bits per heavy atom. The molecule has 29 heavy (non-hydrogen) atoms. The van der Waals surface area contributed by atoms with Crippen LogP contribution in [0.2, 0.25) is 10.0 Å². The van der Waals surface area contributed by atoms with E-state index < -0.39 is 5.91 Å². The molecule has 0 aromatic heterocycles. The number of carbonyl (C=O) groups is 2. The van der Waals surface area contributed by atoms with Gasteiger partial charge in [-0.3, -0.25) is 14.5 Å². The highest BCUT2D eigenvalue weighted by Crippen LogP contribution is 2.24. The molecule has 1 fully saturated rings. The van der Waals surface area contributed by atoms with Crippen molar-refractivity contribution in [2.75, 3.05) is 19.6 Å². The highest BCUT2D eigenvalue weighted by molar-refractivity contribution is 6.36. The predicted molar refractivity (Wildman–Crippen MR) is 116 cm³/mol. The van der Waals surface area contributed by atoms with Gasteiger partial charge < -0.3 is 10.6 Å². The van der Waals surface area contributed by atoms with Crippen molar-refractivity contribution in [1.29, 1.82) is 0 Å². The Hall–Kier alpha value is -2.08. The molecule has 5 nitrogen and oxygen atoms in total. The normalized spacial score (nSPS) is 16.2. The molecule has 1 saturated heterocycles. The van der Waals surface area contributed by atoms with E-state index in [-0.39, 0.29) is 23.5 Å². The Morgan fingerprint density at radius 3 is 2.45 bits per heavy atom. The first-order valence-electron chi connectivity index (χ1n) is 9.75. The van der Waals surface area contributed by atoms with E-state index in [0.29, 0.717) is 16.6 Å². The van der Waals surface area contributed by atoms with Gasteiger partial charge in [0.1, 0.15) is 0 Å². The molecule has 0 bridgehead atoms. The van der Waals surface area contributed by atoms with Crippen molar-refractivity contribution in [3.8, 4) is 0 Å². The number of carbonyl (C=O) groups excluding carboxylic acids is 2. The number of nitrogens with one attached hydrogen (secondary N) is 2. The summed E-state index contributed by atoms with van der Waals surface area (Å²) in [5, 5.41) is 6.34. The van der Waals surface area contributed by atoms with Crippen molar-refractivity contribution in [3.63, 3.8) is 0 Å². The van der Waals surface area contributed by atoms with E-state index in [1.807, 2.05) is 6.07 Å². The largest absolute Gasteiger partial charge is 0.352 e. The molecule has 0 saturated carbocycles. The lowest BCUT2D eigenvalue weighted by atomic mass is 10.00. The number of hydrogen-bond donors (Lipinski definition) is 2. The quantitative estimate of drug-likeness (QED) is 0.721. The number of piperidine rings is 1. The lowest BCUT2D eigenvalue weighted by Crippen LogP contribution is -2.47. The maximum absolute atomic E-state index is 12.2. The van der Waals surface area contributed by atoms with Gasteiger partial charge in [0.25, 0.3) is 5.91 Å². The molecule has 1 unspecified atom stereocenters. The van der Waals surface area contributed by atoms with Crippen LogP contribution >= 0.6 is 23.2 Å². The zero-order valence-corrected chi connectivity index (χ0v) is 17.8. The highest BCUT2D eigenvalue weighted by Gasteiger charge is 2.24. The summed E-state index contributed by atoms with van der Waals surface area (Å²) in [5.41, 5.74) is 1.60. The van der Waals surface area contributed by atoms with Gasteiger partial charge in [-0.25, -0.2) is 0 Å². The smallest absolute Gasteiger partial charge is 0.253 e. The molecule has 0 radical (unpaired) electrons. The summed E-state index contributed by atoms with van der Waals surface area (Å²) in [6.45, 7) is 3.98. The number of halogens is 2. The SMILES string of the molecule is CC(c1ccccc1)N1CCC(NC(=O)CNC(=O)c2ccc(Cl)cc2Cl)CC1. The van der Waals surface area contributed by atoms with Crippen LogP contribution in [0.15, 0.2) is 48.5 Å². The summed E-state index contributed by atoms with van der Waals surface area (Å²) < 4.78 is 0. The third-order valence-corrected chi connectivity index (χ3v) is 5.86. The van der Waals surface area contributed by atoms with Gasteiger partial charge in [-0.05, 0) is 43.5 Å². The minimum absolute atomic E-state index is 0.0849. The lowest BCUT2D eigenvalue weighted by Gasteiger charge is -2.36. The average molecular weight is 434 g/mol. The summed E-state index contributed by atoms with van der Waals surface area (Å²) in [6.07, 6.45) is 1.78. The van der Waals surface area contributed by atoms with Crippen molar-refractivity contribution in [1.82, 2.24) is 15.5 Å². The molecule has 0 aliphatic carbocycles. The second kappa shape index (κ2) is 10.1. The Morgan fingerprint density at radius 2 is 1.79 bits per heavy atom. The second-order valence-corrected chi connectivity index (χ2v) is 8.11. The Balaban J connectivity index is 1.42. The van der Waals surface area contributed by atoms with E-state index >= 15 is 0 Å². The zero-order valence-electron chi connectivity index (χ0n) is 16.3. The maximum atomic E-state index is 12.2. The molecule has 154 valence electrons. The van der Waals surface area contributed by atoms with E-state index in [1.54, 1.807) is 12.1 Å². The number of rotatable bonds is 6. The van der Waals surface area contributed by atoms with Crippen molar-refractivity contribution in [2.24, 2.45) is 0 Å². The molecule has 1 atom stereocenters. The molecule has 2 amide bonds. The van der Waals surface area contributed by atoms with E-state index in [9.17, 15) is 9.59 Å². The molecule has 1 aliphatic rings. The van der Waals surface area contributed by atoms with Gasteiger partial charge in [0.15, 0.2) is 0 Å². The third kappa shape index (κ3) is 5.95. The molecule has 0 spiro atoms. The van der Waals surface area contributed by atoms with Gasteiger partial charge >= 0.3 is 0 Å². The van der Waals surface area contributed by atoms with Gasteiger partial charge in [-0.1, -0.05) is 53.5 Å².